The summed E-state index contributed by atoms with van der Waals surface area (Å²) in [6.45, 7) is 2.05. The van der Waals surface area contributed by atoms with Gasteiger partial charge in [0, 0.05) is 18.3 Å². The van der Waals surface area contributed by atoms with Crippen molar-refractivity contribution in [3.05, 3.63) is 55.7 Å². The summed E-state index contributed by atoms with van der Waals surface area (Å²) in [5.74, 6) is 0.342. The largest absolute Gasteiger partial charge is 0.329 e. The van der Waals surface area contributed by atoms with Gasteiger partial charge < -0.3 is 0 Å². The second-order valence-corrected chi connectivity index (χ2v) is 5.51. The predicted molar refractivity (Wildman–Crippen MR) is 93.9 cm³/mol. The number of hydrazone groups is 1. The molecule has 2 N–H and O–H groups in total. The van der Waals surface area contributed by atoms with Gasteiger partial charge in [0.25, 0.3) is 5.56 Å². The van der Waals surface area contributed by atoms with Gasteiger partial charge in [0.15, 0.2) is 11.2 Å². The normalized spacial score (nSPS) is 11.5. The summed E-state index contributed by atoms with van der Waals surface area (Å²) in [5.41, 5.74) is 3.09. The number of anilines is 1. The van der Waals surface area contributed by atoms with Crippen LogP contribution < -0.4 is 16.7 Å². The topological polar surface area (TPSA) is 97.1 Å². The summed E-state index contributed by atoms with van der Waals surface area (Å²) in [4.78, 5) is 30.7. The van der Waals surface area contributed by atoms with Crippen LogP contribution in [0, 0.1) is 0 Å². The lowest BCUT2D eigenvalue weighted by molar-refractivity contribution is 0.808. The van der Waals surface area contributed by atoms with Crippen LogP contribution in [0.25, 0.3) is 11.2 Å². The van der Waals surface area contributed by atoms with Crippen LogP contribution in [0.1, 0.15) is 12.5 Å². The lowest BCUT2D eigenvalue weighted by Crippen LogP contribution is -2.29. The quantitative estimate of drug-likeness (QED) is 0.553. The van der Waals surface area contributed by atoms with Gasteiger partial charge in [-0.05, 0) is 18.6 Å². The molecular formula is C15H15ClN6O2. The number of hydrogen-bond donors (Lipinski definition) is 2. The Hall–Kier alpha value is -2.87. The highest BCUT2D eigenvalue weighted by Crippen LogP contribution is 2.21. The Morgan fingerprint density at radius 1 is 1.38 bits per heavy atom. The van der Waals surface area contributed by atoms with Crippen molar-refractivity contribution in [2.45, 2.75) is 13.5 Å². The standard InChI is InChI=1S/C15H15ClN6O2/c1-3-17-20-14-18-12-11(13(23)19-15(24)21(12)2)22(14)8-9-6-4-5-7-10(9)16/h3-7H,8H2,1-2H3,(H,18,20)(H,19,23,24). The number of aryl methyl sites for hydroxylation is 1. The zero-order chi connectivity index (χ0) is 17.3. The van der Waals surface area contributed by atoms with Gasteiger partial charge in [-0.15, -0.1) is 0 Å². The van der Waals surface area contributed by atoms with Crippen LogP contribution in [0.15, 0.2) is 39.0 Å². The third-order valence-electron chi connectivity index (χ3n) is 3.59. The Labute approximate surface area is 141 Å². The van der Waals surface area contributed by atoms with E-state index in [2.05, 4.69) is 20.5 Å². The summed E-state index contributed by atoms with van der Waals surface area (Å²) in [6, 6.07) is 7.32. The lowest BCUT2D eigenvalue weighted by atomic mass is 10.2. The predicted octanol–water partition coefficient (Wildman–Crippen LogP) is 1.54. The fraction of sp³-hybridized carbons (Fsp3) is 0.200. The van der Waals surface area contributed by atoms with Crippen LogP contribution >= 0.6 is 11.6 Å². The third-order valence-corrected chi connectivity index (χ3v) is 3.96. The molecular weight excluding hydrogens is 332 g/mol. The van der Waals surface area contributed by atoms with Crippen LogP contribution in [0.3, 0.4) is 0 Å². The molecule has 2 heterocycles. The van der Waals surface area contributed by atoms with E-state index in [-0.39, 0.29) is 11.2 Å². The number of imidazole rings is 1. The average Bonchev–Trinajstić information content (AvgIpc) is 2.92. The number of halogens is 1. The number of nitrogens with one attached hydrogen (secondary N) is 2. The number of nitrogens with zero attached hydrogens (tertiary/aromatic N) is 4. The Bertz CT molecular complexity index is 1050. The average molecular weight is 347 g/mol. The van der Waals surface area contributed by atoms with E-state index in [9.17, 15) is 9.59 Å². The van der Waals surface area contributed by atoms with Gasteiger partial charge >= 0.3 is 5.69 Å². The third kappa shape index (κ3) is 2.71. The fourth-order valence-electron chi connectivity index (χ4n) is 2.39. The number of fused-ring (bicyclic) bond motifs is 1. The van der Waals surface area contributed by atoms with Crippen LogP contribution in [0.5, 0.6) is 0 Å². The summed E-state index contributed by atoms with van der Waals surface area (Å²) in [6.07, 6.45) is 1.56. The van der Waals surface area contributed by atoms with E-state index >= 15 is 0 Å². The highest BCUT2D eigenvalue weighted by atomic mass is 35.5. The number of rotatable bonds is 4. The minimum atomic E-state index is -0.527. The maximum atomic E-state index is 12.3. The molecule has 0 unspecified atom stereocenters. The maximum absolute atomic E-state index is 12.3. The minimum Gasteiger partial charge on any atom is -0.298 e. The van der Waals surface area contributed by atoms with Gasteiger partial charge in [0.2, 0.25) is 5.95 Å². The molecule has 0 radical (unpaired) electrons. The van der Waals surface area contributed by atoms with Gasteiger partial charge in [-0.1, -0.05) is 29.8 Å². The highest BCUT2D eigenvalue weighted by Gasteiger charge is 2.18. The van der Waals surface area contributed by atoms with Crippen molar-refractivity contribution >= 4 is 34.9 Å². The van der Waals surface area contributed by atoms with E-state index < -0.39 is 11.2 Å². The monoisotopic (exact) mass is 346 g/mol. The van der Waals surface area contributed by atoms with Gasteiger partial charge in [-0.3, -0.25) is 18.9 Å². The lowest BCUT2D eigenvalue weighted by Gasteiger charge is -2.09. The summed E-state index contributed by atoms with van der Waals surface area (Å²) in [5, 5.41) is 4.53. The van der Waals surface area contributed by atoms with Gasteiger partial charge in [-0.2, -0.15) is 10.1 Å². The van der Waals surface area contributed by atoms with Crippen molar-refractivity contribution in [2.75, 3.05) is 5.43 Å². The zero-order valence-electron chi connectivity index (χ0n) is 13.1. The van der Waals surface area contributed by atoms with Crippen molar-refractivity contribution in [1.29, 1.82) is 0 Å². The molecule has 124 valence electrons. The Kier molecular flexibility index (Phi) is 4.22. The second-order valence-electron chi connectivity index (χ2n) is 5.10. The van der Waals surface area contributed by atoms with E-state index in [4.69, 9.17) is 11.6 Å². The molecule has 0 fully saturated rings. The molecule has 1 aromatic carbocycles. The molecule has 0 spiro atoms. The molecule has 0 bridgehead atoms. The van der Waals surface area contributed by atoms with Crippen molar-refractivity contribution in [1.82, 2.24) is 19.1 Å². The number of H-pyrrole nitrogens is 1. The number of benzene rings is 1. The van der Waals surface area contributed by atoms with Gasteiger partial charge in [0.05, 0.1) is 6.54 Å². The molecule has 8 nitrogen and oxygen atoms in total. The first-order valence-corrected chi connectivity index (χ1v) is 7.57. The molecule has 24 heavy (non-hydrogen) atoms. The van der Waals surface area contributed by atoms with Crippen LogP contribution in [-0.4, -0.2) is 25.3 Å². The molecule has 0 aliphatic rings. The molecule has 3 aromatic rings. The molecule has 0 saturated heterocycles. The second kappa shape index (κ2) is 6.32. The molecule has 0 saturated carbocycles. The summed E-state index contributed by atoms with van der Waals surface area (Å²) in [7, 11) is 1.54. The highest BCUT2D eigenvalue weighted by molar-refractivity contribution is 6.31. The van der Waals surface area contributed by atoms with E-state index in [1.54, 1.807) is 30.8 Å². The Morgan fingerprint density at radius 3 is 2.83 bits per heavy atom. The maximum Gasteiger partial charge on any atom is 0.329 e. The summed E-state index contributed by atoms with van der Waals surface area (Å²) >= 11 is 6.22. The molecule has 0 aliphatic heterocycles. The van der Waals surface area contributed by atoms with Crippen LogP contribution in [0.4, 0.5) is 5.95 Å². The number of aromatic amines is 1. The van der Waals surface area contributed by atoms with Gasteiger partial charge in [0.1, 0.15) is 0 Å². The van der Waals surface area contributed by atoms with Crippen molar-refractivity contribution in [3.63, 3.8) is 0 Å². The first kappa shape index (κ1) is 16.0. The number of aromatic nitrogens is 4. The molecule has 0 amide bonds. The van der Waals surface area contributed by atoms with Crippen molar-refractivity contribution in [3.8, 4) is 0 Å². The fourth-order valence-corrected chi connectivity index (χ4v) is 2.59. The molecule has 0 atom stereocenters. The van der Waals surface area contributed by atoms with E-state index in [0.29, 0.717) is 17.5 Å². The SMILES string of the molecule is CC=NNc1nc2c(c(=O)[nH]c(=O)n2C)n1Cc1ccccc1Cl. The first-order chi connectivity index (χ1) is 11.5. The van der Waals surface area contributed by atoms with E-state index in [1.165, 1.54) is 4.57 Å². The van der Waals surface area contributed by atoms with Gasteiger partial charge in [-0.25, -0.2) is 10.2 Å². The van der Waals surface area contributed by atoms with Crippen LogP contribution in [0.2, 0.25) is 5.02 Å². The first-order valence-electron chi connectivity index (χ1n) is 7.19. The summed E-state index contributed by atoms with van der Waals surface area (Å²) < 4.78 is 2.92. The molecule has 2 aromatic heterocycles. The molecule has 9 heteroatoms. The smallest absolute Gasteiger partial charge is 0.298 e. The Morgan fingerprint density at radius 2 is 2.12 bits per heavy atom. The Balaban J connectivity index is 2.27. The number of hydrogen-bond acceptors (Lipinski definition) is 5. The molecule has 0 aliphatic carbocycles. The molecule has 3 rings (SSSR count). The zero-order valence-corrected chi connectivity index (χ0v) is 13.8. The van der Waals surface area contributed by atoms with E-state index in [0.717, 1.165) is 5.56 Å². The van der Waals surface area contributed by atoms with E-state index in [1.807, 2.05) is 18.2 Å². The van der Waals surface area contributed by atoms with Crippen molar-refractivity contribution < 1.29 is 0 Å². The van der Waals surface area contributed by atoms with Crippen molar-refractivity contribution in [2.24, 2.45) is 12.1 Å². The van der Waals surface area contributed by atoms with Crippen LogP contribution in [-0.2, 0) is 13.6 Å². The minimum absolute atomic E-state index is 0.268.